The molecular formula is C12H8FN3O3S. The van der Waals surface area contributed by atoms with Crippen molar-refractivity contribution in [2.75, 3.05) is 4.72 Å². The van der Waals surface area contributed by atoms with E-state index in [-0.39, 0.29) is 16.1 Å². The molecule has 0 aliphatic carbocycles. The highest BCUT2D eigenvalue weighted by Gasteiger charge is 2.20. The van der Waals surface area contributed by atoms with Gasteiger partial charge in [0.1, 0.15) is 16.2 Å². The maximum atomic E-state index is 12.8. The molecule has 0 saturated heterocycles. The van der Waals surface area contributed by atoms with Crippen LogP contribution in [0, 0.1) is 5.82 Å². The smallest absolute Gasteiger partial charge is 0.264 e. The first-order valence-corrected chi connectivity index (χ1v) is 7.04. The van der Waals surface area contributed by atoms with Gasteiger partial charge >= 0.3 is 0 Å². The SMILES string of the molecule is O=S(=O)(Nc1ccc(F)cc1)c1cccc2nonc12. The third-order valence-electron chi connectivity index (χ3n) is 2.63. The van der Waals surface area contributed by atoms with Gasteiger partial charge in [-0.05, 0) is 46.7 Å². The number of anilines is 1. The molecule has 1 heterocycles. The highest BCUT2D eigenvalue weighted by molar-refractivity contribution is 7.93. The summed E-state index contributed by atoms with van der Waals surface area (Å²) in [5, 5.41) is 7.16. The third kappa shape index (κ3) is 2.21. The lowest BCUT2D eigenvalue weighted by atomic mass is 10.3. The second kappa shape index (κ2) is 4.57. The number of hydrogen-bond donors (Lipinski definition) is 1. The van der Waals surface area contributed by atoms with E-state index in [0.29, 0.717) is 5.52 Å². The van der Waals surface area contributed by atoms with Crippen LogP contribution in [0.3, 0.4) is 0 Å². The Hall–Kier alpha value is -2.48. The minimum Gasteiger partial charge on any atom is -0.280 e. The topological polar surface area (TPSA) is 85.1 Å². The van der Waals surface area contributed by atoms with E-state index in [4.69, 9.17) is 0 Å². The van der Waals surface area contributed by atoms with Crippen LogP contribution in [0.15, 0.2) is 52.0 Å². The van der Waals surface area contributed by atoms with Crippen LogP contribution in [-0.2, 0) is 10.0 Å². The molecule has 6 nitrogen and oxygen atoms in total. The maximum absolute atomic E-state index is 12.8. The fourth-order valence-electron chi connectivity index (χ4n) is 1.73. The summed E-state index contributed by atoms with van der Waals surface area (Å²) in [6.07, 6.45) is 0. The first-order valence-electron chi connectivity index (χ1n) is 5.56. The lowest BCUT2D eigenvalue weighted by Gasteiger charge is -2.07. The van der Waals surface area contributed by atoms with Crippen LogP contribution >= 0.6 is 0 Å². The van der Waals surface area contributed by atoms with Crippen molar-refractivity contribution in [3.05, 3.63) is 48.3 Å². The van der Waals surface area contributed by atoms with Gasteiger partial charge in [-0.15, -0.1) is 0 Å². The quantitative estimate of drug-likeness (QED) is 0.799. The molecule has 0 aliphatic rings. The Morgan fingerprint density at radius 3 is 2.55 bits per heavy atom. The molecule has 0 radical (unpaired) electrons. The summed E-state index contributed by atoms with van der Waals surface area (Å²) < 4.78 is 44.2. The number of fused-ring (bicyclic) bond motifs is 1. The number of benzene rings is 2. The van der Waals surface area contributed by atoms with Gasteiger partial charge < -0.3 is 0 Å². The molecule has 1 aromatic heterocycles. The summed E-state index contributed by atoms with van der Waals surface area (Å²) in [6.45, 7) is 0. The molecule has 3 aromatic rings. The minimum atomic E-state index is -3.86. The maximum Gasteiger partial charge on any atom is 0.264 e. The second-order valence-corrected chi connectivity index (χ2v) is 5.65. The van der Waals surface area contributed by atoms with Gasteiger partial charge in [0.2, 0.25) is 0 Å². The van der Waals surface area contributed by atoms with Gasteiger partial charge in [0, 0.05) is 5.69 Å². The van der Waals surface area contributed by atoms with E-state index in [0.717, 1.165) is 12.1 Å². The van der Waals surface area contributed by atoms with E-state index >= 15 is 0 Å². The van der Waals surface area contributed by atoms with Crippen molar-refractivity contribution in [2.45, 2.75) is 4.90 Å². The number of aromatic nitrogens is 2. The van der Waals surface area contributed by atoms with Crippen molar-refractivity contribution in [2.24, 2.45) is 0 Å². The van der Waals surface area contributed by atoms with Crippen LogP contribution in [0.4, 0.5) is 10.1 Å². The first-order chi connectivity index (χ1) is 9.56. The molecule has 0 unspecified atom stereocenters. The van der Waals surface area contributed by atoms with Crippen molar-refractivity contribution in [1.29, 1.82) is 0 Å². The zero-order valence-corrected chi connectivity index (χ0v) is 10.8. The largest absolute Gasteiger partial charge is 0.280 e. The van der Waals surface area contributed by atoms with Gasteiger partial charge in [-0.3, -0.25) is 4.72 Å². The molecule has 3 rings (SSSR count). The van der Waals surface area contributed by atoms with Crippen LogP contribution in [0.25, 0.3) is 11.0 Å². The Labute approximate surface area is 113 Å². The average molecular weight is 293 g/mol. The number of rotatable bonds is 3. The molecule has 0 aliphatic heterocycles. The lowest BCUT2D eigenvalue weighted by molar-refractivity contribution is 0.315. The molecule has 0 saturated carbocycles. The van der Waals surface area contributed by atoms with Crippen molar-refractivity contribution >= 4 is 26.7 Å². The highest BCUT2D eigenvalue weighted by atomic mass is 32.2. The minimum absolute atomic E-state index is 0.0550. The van der Waals surface area contributed by atoms with E-state index in [1.807, 2.05) is 0 Å². The van der Waals surface area contributed by atoms with Crippen LogP contribution in [0.5, 0.6) is 0 Å². The predicted octanol–water partition coefficient (Wildman–Crippen LogP) is 2.16. The van der Waals surface area contributed by atoms with Crippen LogP contribution in [-0.4, -0.2) is 18.7 Å². The van der Waals surface area contributed by atoms with E-state index in [2.05, 4.69) is 19.7 Å². The van der Waals surface area contributed by atoms with Crippen LogP contribution < -0.4 is 4.72 Å². The summed E-state index contributed by atoms with van der Waals surface area (Å²) in [7, 11) is -3.86. The first kappa shape index (κ1) is 12.5. The molecule has 20 heavy (non-hydrogen) atoms. The van der Waals surface area contributed by atoms with Gasteiger partial charge in [0.05, 0.1) is 0 Å². The predicted molar refractivity (Wildman–Crippen MR) is 69.0 cm³/mol. The molecule has 0 bridgehead atoms. The van der Waals surface area contributed by atoms with Crippen LogP contribution in [0.1, 0.15) is 0 Å². The molecule has 0 amide bonds. The number of nitrogens with zero attached hydrogens (tertiary/aromatic N) is 2. The van der Waals surface area contributed by atoms with Gasteiger partial charge in [0.15, 0.2) is 5.52 Å². The Morgan fingerprint density at radius 1 is 1.05 bits per heavy atom. The normalized spacial score (nSPS) is 11.7. The second-order valence-electron chi connectivity index (χ2n) is 4.00. The molecule has 8 heteroatoms. The number of sulfonamides is 1. The molecule has 0 fully saturated rings. The average Bonchev–Trinajstić information content (AvgIpc) is 2.89. The molecule has 2 aromatic carbocycles. The standard InChI is InChI=1S/C12H8FN3O3S/c13-8-4-6-9(7-5-8)16-20(17,18)11-3-1-2-10-12(11)15-19-14-10/h1-7,16H. The van der Waals surface area contributed by atoms with Crippen LogP contribution in [0.2, 0.25) is 0 Å². The van der Waals surface area contributed by atoms with Crippen molar-refractivity contribution in [1.82, 2.24) is 10.3 Å². The number of hydrogen-bond acceptors (Lipinski definition) is 5. The molecule has 1 N–H and O–H groups in total. The fourth-order valence-corrected chi connectivity index (χ4v) is 2.94. The van der Waals surface area contributed by atoms with E-state index < -0.39 is 15.8 Å². The van der Waals surface area contributed by atoms with Crippen molar-refractivity contribution in [3.63, 3.8) is 0 Å². The molecule has 102 valence electrons. The van der Waals surface area contributed by atoms with E-state index in [1.165, 1.54) is 24.3 Å². The zero-order chi connectivity index (χ0) is 14.2. The molecular weight excluding hydrogens is 285 g/mol. The van der Waals surface area contributed by atoms with Crippen molar-refractivity contribution < 1.29 is 17.4 Å². The number of nitrogens with one attached hydrogen (secondary N) is 1. The van der Waals surface area contributed by atoms with Gasteiger partial charge in [-0.25, -0.2) is 17.4 Å². The van der Waals surface area contributed by atoms with Crippen molar-refractivity contribution in [3.8, 4) is 0 Å². The fraction of sp³-hybridized carbons (Fsp3) is 0. The molecule has 0 atom stereocenters. The third-order valence-corrected chi connectivity index (χ3v) is 4.05. The Kier molecular flexibility index (Phi) is 2.87. The monoisotopic (exact) mass is 293 g/mol. The summed E-state index contributed by atoms with van der Waals surface area (Å²) >= 11 is 0. The number of halogens is 1. The Morgan fingerprint density at radius 2 is 1.80 bits per heavy atom. The Balaban J connectivity index is 2.03. The van der Waals surface area contributed by atoms with Gasteiger partial charge in [-0.2, -0.15) is 0 Å². The lowest BCUT2D eigenvalue weighted by Crippen LogP contribution is -2.13. The molecule has 0 spiro atoms. The summed E-state index contributed by atoms with van der Waals surface area (Å²) in [6, 6.07) is 9.49. The van der Waals surface area contributed by atoms with Gasteiger partial charge in [0.25, 0.3) is 10.0 Å². The Bertz CT molecular complexity index is 859. The highest BCUT2D eigenvalue weighted by Crippen LogP contribution is 2.22. The van der Waals surface area contributed by atoms with Gasteiger partial charge in [-0.1, -0.05) is 6.07 Å². The summed E-state index contributed by atoms with van der Waals surface area (Å²) in [5.74, 6) is -0.448. The summed E-state index contributed by atoms with van der Waals surface area (Å²) in [5.41, 5.74) is 0.731. The summed E-state index contributed by atoms with van der Waals surface area (Å²) in [4.78, 5) is -0.0550. The zero-order valence-electron chi connectivity index (χ0n) is 9.95. The van der Waals surface area contributed by atoms with E-state index in [9.17, 15) is 12.8 Å². The van der Waals surface area contributed by atoms with E-state index in [1.54, 1.807) is 6.07 Å².